The summed E-state index contributed by atoms with van der Waals surface area (Å²) in [5.41, 5.74) is 0.997. The Morgan fingerprint density at radius 1 is 0.857 bits per heavy atom. The van der Waals surface area contributed by atoms with Gasteiger partial charge in [-0.1, -0.05) is 24.3 Å². The first-order valence-corrected chi connectivity index (χ1v) is 13.7. The molecule has 5 N–H and O–H groups in total. The molecule has 1 aliphatic heterocycles. The molecule has 42 heavy (non-hydrogen) atoms. The number of nitrogens with one attached hydrogen (secondary N) is 1. The van der Waals surface area contributed by atoms with E-state index >= 15 is 0 Å². The number of carbonyl (C=O) groups is 3. The van der Waals surface area contributed by atoms with Crippen LogP contribution in [0.25, 0.3) is 10.9 Å². The van der Waals surface area contributed by atoms with Gasteiger partial charge in [-0.2, -0.15) is 0 Å². The van der Waals surface area contributed by atoms with Crippen molar-refractivity contribution in [2.75, 3.05) is 0 Å². The van der Waals surface area contributed by atoms with Crippen LogP contribution in [0.4, 0.5) is 0 Å². The number of hydrogen-bond acceptors (Lipinski definition) is 8. The van der Waals surface area contributed by atoms with Crippen LogP contribution >= 0.6 is 0 Å². The molecule has 3 heterocycles. The summed E-state index contributed by atoms with van der Waals surface area (Å²) in [6.07, 6.45) is 3.78. The molecular formula is C31H40N4O7. The number of nitrogens with zero attached hydrogens (tertiary/aromatic N) is 3. The van der Waals surface area contributed by atoms with Crippen LogP contribution in [0.15, 0.2) is 60.9 Å². The first-order valence-electron chi connectivity index (χ1n) is 13.7. The van der Waals surface area contributed by atoms with Crippen LogP contribution in [0.3, 0.4) is 0 Å². The number of benzene rings is 1. The van der Waals surface area contributed by atoms with Crippen LogP contribution in [-0.2, 0) is 27.5 Å². The molecule has 1 fully saturated rings. The summed E-state index contributed by atoms with van der Waals surface area (Å²) in [5.74, 6) is -5.02. The van der Waals surface area contributed by atoms with E-state index in [1.807, 2.05) is 18.5 Å². The molecule has 1 aliphatic rings. The second kappa shape index (κ2) is 13.4. The third kappa shape index (κ3) is 9.30. The lowest BCUT2D eigenvalue weighted by molar-refractivity contribution is -0.170. The fraction of sp³-hybridized carbons (Fsp3) is 0.452. The van der Waals surface area contributed by atoms with Gasteiger partial charge in [0.1, 0.15) is 0 Å². The number of hydrogen-bond donors (Lipinski definition) is 5. The van der Waals surface area contributed by atoms with Crippen molar-refractivity contribution in [1.29, 1.82) is 0 Å². The van der Waals surface area contributed by atoms with Gasteiger partial charge in [0.25, 0.3) is 0 Å². The average molecular weight is 581 g/mol. The Morgan fingerprint density at radius 3 is 2.00 bits per heavy atom. The van der Waals surface area contributed by atoms with Crippen LogP contribution < -0.4 is 5.32 Å². The molecule has 0 aliphatic carbocycles. The van der Waals surface area contributed by atoms with Crippen LogP contribution in [0.1, 0.15) is 64.6 Å². The fourth-order valence-corrected chi connectivity index (χ4v) is 5.77. The highest BCUT2D eigenvalue weighted by Gasteiger charge is 2.41. The number of aliphatic hydroxyl groups is 1. The highest BCUT2D eigenvalue weighted by atomic mass is 16.4. The molecule has 1 saturated heterocycles. The molecular weight excluding hydrogens is 540 g/mol. The number of piperidine rings is 1. The highest BCUT2D eigenvalue weighted by Crippen LogP contribution is 2.33. The Labute approximate surface area is 245 Å². The van der Waals surface area contributed by atoms with Crippen LogP contribution in [0.2, 0.25) is 0 Å². The van der Waals surface area contributed by atoms with E-state index in [1.54, 1.807) is 0 Å². The van der Waals surface area contributed by atoms with Gasteiger partial charge in [0.05, 0.1) is 24.1 Å². The number of fused-ring (bicyclic) bond motifs is 1. The molecule has 0 amide bonds. The number of carboxylic acids is 3. The van der Waals surface area contributed by atoms with Crippen molar-refractivity contribution in [3.8, 4) is 0 Å². The zero-order valence-corrected chi connectivity index (χ0v) is 24.4. The Hall–Kier alpha value is -3.93. The van der Waals surface area contributed by atoms with Gasteiger partial charge in [-0.3, -0.25) is 24.5 Å². The van der Waals surface area contributed by atoms with Gasteiger partial charge in [-0.15, -0.1) is 0 Å². The molecule has 3 aromatic rings. The number of aromatic nitrogens is 2. The molecule has 11 heteroatoms. The lowest BCUT2D eigenvalue weighted by atomic mass is 9.79. The van der Waals surface area contributed by atoms with E-state index in [2.05, 4.69) is 90.3 Å². The van der Waals surface area contributed by atoms with E-state index in [0.717, 1.165) is 37.1 Å². The maximum absolute atomic E-state index is 10.3. The standard InChI is InChI=1S/C25H32N4.C6H8O7/c1-24(2)15-21(16-25(3,4)28-24)29(18-20-9-7-8-13-26-20)17-19-12-14-27-23-11-6-5-10-22(19)23;7-3(8)1-6(13,5(11)12)2-4(9)10/h5-14,21,28H,15-18H2,1-4H3;13H,1-2H2,(H,7,8)(H,9,10)(H,11,12). The predicted octanol–water partition coefficient (Wildman–Crippen LogP) is 3.69. The molecule has 0 bridgehead atoms. The SMILES string of the molecule is CC1(C)CC(N(Cc2ccccn2)Cc2ccnc3ccccc23)CC(C)(C)N1.O=C(O)CC(O)(CC(=O)O)C(=O)O. The lowest BCUT2D eigenvalue weighted by Crippen LogP contribution is -2.62. The van der Waals surface area contributed by atoms with Crippen LogP contribution in [-0.4, -0.2) is 75.9 Å². The zero-order valence-electron chi connectivity index (χ0n) is 24.4. The molecule has 0 saturated carbocycles. The van der Waals surface area contributed by atoms with E-state index in [4.69, 9.17) is 20.4 Å². The Bertz CT molecular complexity index is 1360. The number of aliphatic carboxylic acids is 3. The molecule has 0 atom stereocenters. The number of carboxylic acid groups (broad SMARTS) is 3. The maximum atomic E-state index is 10.3. The molecule has 0 spiro atoms. The smallest absolute Gasteiger partial charge is 0.336 e. The molecule has 2 aromatic heterocycles. The minimum atomic E-state index is -2.74. The monoisotopic (exact) mass is 580 g/mol. The normalized spacial score (nSPS) is 16.4. The van der Waals surface area contributed by atoms with E-state index in [-0.39, 0.29) is 11.1 Å². The van der Waals surface area contributed by atoms with Gasteiger partial charge < -0.3 is 25.7 Å². The van der Waals surface area contributed by atoms with Gasteiger partial charge in [0.15, 0.2) is 5.60 Å². The quantitative estimate of drug-likeness (QED) is 0.237. The molecule has 0 unspecified atom stereocenters. The van der Waals surface area contributed by atoms with Crippen molar-refractivity contribution in [2.45, 2.75) is 89.2 Å². The van der Waals surface area contributed by atoms with E-state index in [0.29, 0.717) is 6.04 Å². The lowest BCUT2D eigenvalue weighted by Gasteiger charge is -2.49. The minimum absolute atomic E-state index is 0.106. The van der Waals surface area contributed by atoms with Gasteiger partial charge >= 0.3 is 17.9 Å². The summed E-state index contributed by atoms with van der Waals surface area (Å²) in [6, 6.07) is 17.3. The summed E-state index contributed by atoms with van der Waals surface area (Å²) in [4.78, 5) is 42.3. The predicted molar refractivity (Wildman–Crippen MR) is 157 cm³/mol. The maximum Gasteiger partial charge on any atom is 0.336 e. The first-order chi connectivity index (χ1) is 19.6. The summed E-state index contributed by atoms with van der Waals surface area (Å²) in [5, 5.41) is 38.9. The molecule has 0 radical (unpaired) electrons. The zero-order chi connectivity index (χ0) is 31.1. The largest absolute Gasteiger partial charge is 0.481 e. The summed E-state index contributed by atoms with van der Waals surface area (Å²) in [6.45, 7) is 11.0. The van der Waals surface area contributed by atoms with Crippen molar-refractivity contribution >= 4 is 28.8 Å². The number of pyridine rings is 2. The average Bonchev–Trinajstić information content (AvgIpc) is 2.87. The molecule has 1 aromatic carbocycles. The summed E-state index contributed by atoms with van der Waals surface area (Å²) < 4.78 is 0. The van der Waals surface area contributed by atoms with Crippen molar-refractivity contribution < 1.29 is 34.8 Å². The van der Waals surface area contributed by atoms with Crippen molar-refractivity contribution in [1.82, 2.24) is 20.2 Å². The Morgan fingerprint density at radius 2 is 1.45 bits per heavy atom. The minimum Gasteiger partial charge on any atom is -0.481 e. The second-order valence-electron chi connectivity index (χ2n) is 12.1. The topological polar surface area (TPSA) is 173 Å². The Balaban J connectivity index is 0.000000316. The third-order valence-electron chi connectivity index (χ3n) is 7.17. The van der Waals surface area contributed by atoms with Crippen molar-refractivity contribution in [3.05, 3.63) is 72.2 Å². The summed E-state index contributed by atoms with van der Waals surface area (Å²) >= 11 is 0. The Kier molecular flexibility index (Phi) is 10.4. The van der Waals surface area contributed by atoms with E-state index in [1.165, 1.54) is 10.9 Å². The second-order valence-corrected chi connectivity index (χ2v) is 12.1. The van der Waals surface area contributed by atoms with Crippen LogP contribution in [0.5, 0.6) is 0 Å². The highest BCUT2D eigenvalue weighted by molar-refractivity contribution is 5.88. The molecule has 226 valence electrons. The van der Waals surface area contributed by atoms with E-state index in [9.17, 15) is 14.4 Å². The molecule has 4 rings (SSSR count). The third-order valence-corrected chi connectivity index (χ3v) is 7.17. The van der Waals surface area contributed by atoms with Gasteiger partial charge in [-0.05, 0) is 70.4 Å². The first kappa shape index (κ1) is 32.6. The van der Waals surface area contributed by atoms with Gasteiger partial charge in [0, 0.05) is 48.0 Å². The van der Waals surface area contributed by atoms with Gasteiger partial charge in [-0.25, -0.2) is 4.79 Å². The van der Waals surface area contributed by atoms with Crippen LogP contribution in [0, 0.1) is 0 Å². The van der Waals surface area contributed by atoms with Crippen molar-refractivity contribution in [2.24, 2.45) is 0 Å². The van der Waals surface area contributed by atoms with Crippen molar-refractivity contribution in [3.63, 3.8) is 0 Å². The fourth-order valence-electron chi connectivity index (χ4n) is 5.77. The number of rotatable bonds is 10. The van der Waals surface area contributed by atoms with Gasteiger partial charge in [0.2, 0.25) is 0 Å². The summed E-state index contributed by atoms with van der Waals surface area (Å²) in [7, 11) is 0. The molecule has 11 nitrogen and oxygen atoms in total. The number of para-hydroxylation sites is 1. The van der Waals surface area contributed by atoms with E-state index < -0.39 is 36.4 Å².